The lowest BCUT2D eigenvalue weighted by atomic mass is 10.1. The van der Waals surface area contributed by atoms with Crippen molar-refractivity contribution in [2.45, 2.75) is 19.4 Å². The highest BCUT2D eigenvalue weighted by Crippen LogP contribution is 1.91. The molecule has 0 unspecified atom stereocenters. The summed E-state index contributed by atoms with van der Waals surface area (Å²) in [7, 11) is 1.56. The Morgan fingerprint density at radius 3 is 2.20 bits per heavy atom. The van der Waals surface area contributed by atoms with Crippen LogP contribution in [0.25, 0.3) is 0 Å². The number of nitrogens with one attached hydrogen (secondary N) is 1. The summed E-state index contributed by atoms with van der Waals surface area (Å²) in [5.74, 6) is -1.11. The Morgan fingerprint density at radius 1 is 1.60 bits per heavy atom. The van der Waals surface area contributed by atoms with Crippen molar-refractivity contribution >= 4 is 11.8 Å². The number of carbonyl (C=O) groups is 2. The third kappa shape index (κ3) is 3.19. The predicted octanol–water partition coefficient (Wildman–Crippen LogP) is -0.362. The second-order valence-corrected chi connectivity index (χ2v) is 2.05. The lowest BCUT2D eigenvalue weighted by molar-refractivity contribution is -0.139. The number of carboxylic acids is 1. The van der Waals surface area contributed by atoms with Crippen LogP contribution in [-0.2, 0) is 9.59 Å². The standard InChI is InChI=1S/C6H11NO3/c1-4(8)5(7-2)3-6(9)10/h5,7H,3H2,1-2H3,(H,9,10)/t5-/m1/s1. The van der Waals surface area contributed by atoms with E-state index in [1.807, 2.05) is 0 Å². The molecule has 0 aromatic heterocycles. The molecule has 0 heterocycles. The lowest BCUT2D eigenvalue weighted by Crippen LogP contribution is -2.34. The second kappa shape index (κ2) is 4.00. The molecule has 58 valence electrons. The Hall–Kier alpha value is -0.900. The molecule has 0 rings (SSSR count). The summed E-state index contributed by atoms with van der Waals surface area (Å²) >= 11 is 0. The molecule has 0 bridgehead atoms. The van der Waals surface area contributed by atoms with Crippen molar-refractivity contribution in [3.8, 4) is 0 Å². The van der Waals surface area contributed by atoms with Crippen molar-refractivity contribution < 1.29 is 14.7 Å². The van der Waals surface area contributed by atoms with Gasteiger partial charge in [-0.15, -0.1) is 0 Å². The van der Waals surface area contributed by atoms with Crippen LogP contribution in [0.5, 0.6) is 0 Å². The summed E-state index contributed by atoms with van der Waals surface area (Å²) in [6.45, 7) is 1.37. The van der Waals surface area contributed by atoms with Gasteiger partial charge in [-0.3, -0.25) is 9.59 Å². The molecule has 0 amide bonds. The first-order chi connectivity index (χ1) is 4.57. The molecule has 1 atom stereocenters. The summed E-state index contributed by atoms with van der Waals surface area (Å²) in [5, 5.41) is 10.9. The van der Waals surface area contributed by atoms with Crippen LogP contribution in [0.1, 0.15) is 13.3 Å². The van der Waals surface area contributed by atoms with E-state index in [0.717, 1.165) is 0 Å². The Labute approximate surface area is 59.2 Å². The highest BCUT2D eigenvalue weighted by molar-refractivity contribution is 5.85. The Morgan fingerprint density at radius 2 is 2.10 bits per heavy atom. The molecule has 0 aromatic rings. The average molecular weight is 145 g/mol. The Balaban J connectivity index is 3.83. The number of carboxylic acid groups (broad SMARTS) is 1. The largest absolute Gasteiger partial charge is 0.481 e. The topological polar surface area (TPSA) is 66.4 Å². The number of hydrogen-bond acceptors (Lipinski definition) is 3. The van der Waals surface area contributed by atoms with Gasteiger partial charge in [0.15, 0.2) is 0 Å². The van der Waals surface area contributed by atoms with Crippen molar-refractivity contribution in [2.75, 3.05) is 7.05 Å². The molecule has 0 radical (unpaired) electrons. The van der Waals surface area contributed by atoms with Crippen LogP contribution in [0, 0.1) is 0 Å². The van der Waals surface area contributed by atoms with E-state index in [1.165, 1.54) is 6.92 Å². The van der Waals surface area contributed by atoms with Gasteiger partial charge >= 0.3 is 5.97 Å². The predicted molar refractivity (Wildman–Crippen MR) is 35.8 cm³/mol. The lowest BCUT2D eigenvalue weighted by Gasteiger charge is -2.07. The Kier molecular flexibility index (Phi) is 3.64. The smallest absolute Gasteiger partial charge is 0.305 e. The fraction of sp³-hybridized carbons (Fsp3) is 0.667. The van der Waals surface area contributed by atoms with Gasteiger partial charge in [0, 0.05) is 0 Å². The molecule has 4 nitrogen and oxygen atoms in total. The number of aliphatic carboxylic acids is 1. The maximum Gasteiger partial charge on any atom is 0.305 e. The Bertz CT molecular complexity index is 144. The van der Waals surface area contributed by atoms with Crippen LogP contribution in [0.2, 0.25) is 0 Å². The number of hydrogen-bond donors (Lipinski definition) is 2. The zero-order valence-corrected chi connectivity index (χ0v) is 6.05. The highest BCUT2D eigenvalue weighted by Gasteiger charge is 2.14. The molecule has 0 spiro atoms. The van der Waals surface area contributed by atoms with E-state index in [2.05, 4.69) is 5.32 Å². The molecule has 2 N–H and O–H groups in total. The van der Waals surface area contributed by atoms with E-state index in [-0.39, 0.29) is 12.2 Å². The molecule has 0 aromatic carbocycles. The fourth-order valence-electron chi connectivity index (χ4n) is 0.624. The van der Waals surface area contributed by atoms with E-state index >= 15 is 0 Å². The van der Waals surface area contributed by atoms with Gasteiger partial charge in [-0.25, -0.2) is 0 Å². The molecule has 0 saturated carbocycles. The van der Waals surface area contributed by atoms with Crippen LogP contribution in [0.4, 0.5) is 0 Å². The van der Waals surface area contributed by atoms with Crippen molar-refractivity contribution in [3.05, 3.63) is 0 Å². The SMILES string of the molecule is CN[C@H](CC(=O)O)C(C)=O. The quantitative estimate of drug-likeness (QED) is 0.566. The maximum absolute atomic E-state index is 10.6. The number of Topliss-reactive ketones (excluding diaryl/α,β-unsaturated/α-hetero) is 1. The molecule has 0 saturated heterocycles. The monoisotopic (exact) mass is 145 g/mol. The summed E-state index contributed by atoms with van der Waals surface area (Å²) in [6.07, 6.45) is -0.147. The molecule has 4 heteroatoms. The minimum atomic E-state index is -0.963. The van der Waals surface area contributed by atoms with Gasteiger partial charge in [0.2, 0.25) is 0 Å². The molecule has 0 aliphatic rings. The van der Waals surface area contributed by atoms with Gasteiger partial charge in [-0.2, -0.15) is 0 Å². The van der Waals surface area contributed by atoms with E-state index in [0.29, 0.717) is 0 Å². The highest BCUT2D eigenvalue weighted by atomic mass is 16.4. The van der Waals surface area contributed by atoms with E-state index in [9.17, 15) is 9.59 Å². The van der Waals surface area contributed by atoms with E-state index in [1.54, 1.807) is 7.05 Å². The third-order valence-corrected chi connectivity index (χ3v) is 1.22. The van der Waals surface area contributed by atoms with Crippen molar-refractivity contribution in [1.29, 1.82) is 0 Å². The minimum Gasteiger partial charge on any atom is -0.481 e. The third-order valence-electron chi connectivity index (χ3n) is 1.22. The van der Waals surface area contributed by atoms with Crippen LogP contribution in [0.15, 0.2) is 0 Å². The van der Waals surface area contributed by atoms with Gasteiger partial charge in [0.05, 0.1) is 12.5 Å². The number of carbonyl (C=O) groups excluding carboxylic acids is 1. The molecule has 0 fully saturated rings. The molecule has 10 heavy (non-hydrogen) atoms. The molecule has 0 aliphatic heterocycles. The minimum absolute atomic E-state index is 0.147. The van der Waals surface area contributed by atoms with Crippen molar-refractivity contribution in [2.24, 2.45) is 0 Å². The molecular weight excluding hydrogens is 134 g/mol. The first kappa shape index (κ1) is 9.10. The first-order valence-corrected chi connectivity index (χ1v) is 2.97. The molecule has 0 aliphatic carbocycles. The van der Waals surface area contributed by atoms with Crippen LogP contribution < -0.4 is 5.32 Å². The van der Waals surface area contributed by atoms with Gasteiger partial charge in [-0.1, -0.05) is 0 Å². The van der Waals surface area contributed by atoms with E-state index < -0.39 is 12.0 Å². The van der Waals surface area contributed by atoms with Gasteiger partial charge in [-0.05, 0) is 14.0 Å². The van der Waals surface area contributed by atoms with Gasteiger partial charge < -0.3 is 10.4 Å². The number of rotatable bonds is 4. The normalized spacial score (nSPS) is 12.6. The zero-order chi connectivity index (χ0) is 8.15. The average Bonchev–Trinajstić information content (AvgIpc) is 1.81. The van der Waals surface area contributed by atoms with Crippen LogP contribution in [0.3, 0.4) is 0 Å². The fourth-order valence-corrected chi connectivity index (χ4v) is 0.624. The maximum atomic E-state index is 10.6. The van der Waals surface area contributed by atoms with Gasteiger partial charge in [0.1, 0.15) is 5.78 Å². The summed E-state index contributed by atoms with van der Waals surface area (Å²) in [5.41, 5.74) is 0. The van der Waals surface area contributed by atoms with Crippen molar-refractivity contribution in [1.82, 2.24) is 5.32 Å². The first-order valence-electron chi connectivity index (χ1n) is 2.97. The summed E-state index contributed by atoms with van der Waals surface area (Å²) in [6, 6.07) is -0.544. The van der Waals surface area contributed by atoms with Crippen molar-refractivity contribution in [3.63, 3.8) is 0 Å². The van der Waals surface area contributed by atoms with E-state index in [4.69, 9.17) is 5.11 Å². The second-order valence-electron chi connectivity index (χ2n) is 2.05. The van der Waals surface area contributed by atoms with Crippen LogP contribution >= 0.6 is 0 Å². The van der Waals surface area contributed by atoms with Gasteiger partial charge in [0.25, 0.3) is 0 Å². The van der Waals surface area contributed by atoms with Crippen LogP contribution in [-0.4, -0.2) is 29.9 Å². The number of likely N-dealkylation sites (N-methyl/N-ethyl adjacent to an activating group) is 1. The zero-order valence-electron chi connectivity index (χ0n) is 6.05. The number of ketones is 1. The molecular formula is C6H11NO3. The summed E-state index contributed by atoms with van der Waals surface area (Å²) in [4.78, 5) is 20.7. The summed E-state index contributed by atoms with van der Waals surface area (Å²) < 4.78 is 0.